The third-order valence-electron chi connectivity index (χ3n) is 4.73. The molecule has 1 aromatic carbocycles. The number of aryl methyl sites for hydroxylation is 1. The van der Waals surface area contributed by atoms with Gasteiger partial charge >= 0.3 is 0 Å². The van der Waals surface area contributed by atoms with Crippen molar-refractivity contribution < 1.29 is 13.3 Å². The normalized spacial score (nSPS) is 13.2. The zero-order chi connectivity index (χ0) is 24.3. The van der Waals surface area contributed by atoms with E-state index < -0.39 is 16.6 Å². The first-order valence-corrected chi connectivity index (χ1v) is 11.4. The van der Waals surface area contributed by atoms with Gasteiger partial charge in [0.15, 0.2) is 11.6 Å². The van der Waals surface area contributed by atoms with E-state index in [-0.39, 0.29) is 17.3 Å². The number of pyridine rings is 1. The molecule has 0 aliphatic heterocycles. The Morgan fingerprint density at radius 3 is 2.61 bits per heavy atom. The van der Waals surface area contributed by atoms with Gasteiger partial charge in [-0.1, -0.05) is 0 Å². The number of aliphatic imine (C=N–C) groups is 1. The molecule has 0 amide bonds. The molecule has 0 fully saturated rings. The summed E-state index contributed by atoms with van der Waals surface area (Å²) in [7, 11) is 3.67. The Morgan fingerprint density at radius 2 is 2.06 bits per heavy atom. The average Bonchev–Trinajstić information content (AvgIpc) is 3.18. The van der Waals surface area contributed by atoms with Gasteiger partial charge in [-0.05, 0) is 37.3 Å². The Kier molecular flexibility index (Phi) is 7.12. The number of nitrogens with zero attached hydrogens (tertiary/aromatic N) is 5. The summed E-state index contributed by atoms with van der Waals surface area (Å²) in [6, 6.07) is 6.17. The molecule has 1 unspecified atom stereocenters. The van der Waals surface area contributed by atoms with Crippen LogP contribution in [0.15, 0.2) is 58.3 Å². The zero-order valence-electron chi connectivity index (χ0n) is 19.0. The molecule has 1 atom stereocenters. The van der Waals surface area contributed by atoms with Crippen molar-refractivity contribution in [3.05, 3.63) is 54.2 Å². The Bertz CT molecular complexity index is 1270. The maximum Gasteiger partial charge on any atom is 0.199 e. The molecular formula is C22H26FN7O2S. The quantitative estimate of drug-likeness (QED) is 0.401. The van der Waals surface area contributed by atoms with Crippen LogP contribution in [0.5, 0.6) is 5.75 Å². The maximum atomic E-state index is 14.9. The fraction of sp³-hybridized carbons (Fsp3) is 0.227. The number of nitrogens with two attached hydrogens (primary N) is 2. The monoisotopic (exact) mass is 471 g/mol. The SMILES string of the molecule is COc1c(-c2cnn(C)c2)cc(N(C)c2ccc(S(C)=O)cc2F)nc1/N=C(N)\C=C(\C)N. The Balaban J connectivity index is 2.22. The zero-order valence-corrected chi connectivity index (χ0v) is 19.9. The van der Waals surface area contributed by atoms with Crippen LogP contribution in [0.3, 0.4) is 0 Å². The number of benzene rings is 1. The number of amidine groups is 1. The number of hydrogen-bond acceptors (Lipinski definition) is 7. The van der Waals surface area contributed by atoms with Gasteiger partial charge in [0.2, 0.25) is 0 Å². The number of anilines is 2. The van der Waals surface area contributed by atoms with Gasteiger partial charge in [0.1, 0.15) is 17.5 Å². The molecule has 0 saturated carbocycles. The lowest BCUT2D eigenvalue weighted by molar-refractivity contribution is 0.416. The molecule has 0 bridgehead atoms. The van der Waals surface area contributed by atoms with Crippen LogP contribution < -0.4 is 21.1 Å². The molecule has 0 radical (unpaired) electrons. The Hall–Kier alpha value is -3.73. The highest BCUT2D eigenvalue weighted by molar-refractivity contribution is 7.84. The first-order valence-electron chi connectivity index (χ1n) is 9.83. The number of halogens is 1. The minimum Gasteiger partial charge on any atom is -0.492 e. The second-order valence-electron chi connectivity index (χ2n) is 7.34. The second-order valence-corrected chi connectivity index (χ2v) is 8.72. The molecule has 4 N–H and O–H groups in total. The topological polar surface area (TPSA) is 125 Å². The van der Waals surface area contributed by atoms with Crippen molar-refractivity contribution in [3.63, 3.8) is 0 Å². The van der Waals surface area contributed by atoms with E-state index in [4.69, 9.17) is 16.2 Å². The van der Waals surface area contributed by atoms with Gasteiger partial charge in [-0.15, -0.1) is 0 Å². The van der Waals surface area contributed by atoms with Crippen molar-refractivity contribution in [1.82, 2.24) is 14.8 Å². The van der Waals surface area contributed by atoms with Crippen molar-refractivity contribution >= 4 is 34.0 Å². The molecule has 33 heavy (non-hydrogen) atoms. The van der Waals surface area contributed by atoms with Crippen LogP contribution in [0, 0.1) is 5.82 Å². The fourth-order valence-electron chi connectivity index (χ4n) is 3.18. The molecule has 9 nitrogen and oxygen atoms in total. The van der Waals surface area contributed by atoms with Crippen molar-refractivity contribution in [2.45, 2.75) is 11.8 Å². The predicted octanol–water partition coefficient (Wildman–Crippen LogP) is 2.99. The number of hydrogen-bond donors (Lipinski definition) is 2. The molecular weight excluding hydrogens is 445 g/mol. The summed E-state index contributed by atoms with van der Waals surface area (Å²) >= 11 is 0. The molecule has 11 heteroatoms. The molecule has 3 rings (SSSR count). The molecule has 2 heterocycles. The van der Waals surface area contributed by atoms with E-state index in [1.54, 1.807) is 55.0 Å². The van der Waals surface area contributed by atoms with Crippen molar-refractivity contribution in [1.29, 1.82) is 0 Å². The molecule has 2 aromatic heterocycles. The Labute approximate surface area is 194 Å². The van der Waals surface area contributed by atoms with Gasteiger partial charge in [-0.25, -0.2) is 14.4 Å². The molecule has 0 aliphatic carbocycles. The number of methoxy groups -OCH3 is 1. The molecule has 174 valence electrons. The minimum absolute atomic E-state index is 0.138. The van der Waals surface area contributed by atoms with Crippen LogP contribution in [0.4, 0.5) is 21.7 Å². The Morgan fingerprint density at radius 1 is 1.33 bits per heavy atom. The van der Waals surface area contributed by atoms with Crippen LogP contribution in [-0.2, 0) is 17.8 Å². The highest BCUT2D eigenvalue weighted by Crippen LogP contribution is 2.40. The highest BCUT2D eigenvalue weighted by atomic mass is 32.2. The van der Waals surface area contributed by atoms with E-state index in [0.29, 0.717) is 27.7 Å². The second kappa shape index (κ2) is 9.82. The summed E-state index contributed by atoms with van der Waals surface area (Å²) in [5.41, 5.74) is 13.8. The largest absolute Gasteiger partial charge is 0.492 e. The lowest BCUT2D eigenvalue weighted by atomic mass is 10.1. The summed E-state index contributed by atoms with van der Waals surface area (Å²) < 4.78 is 33.8. The van der Waals surface area contributed by atoms with E-state index in [9.17, 15) is 8.60 Å². The van der Waals surface area contributed by atoms with Crippen LogP contribution in [0.25, 0.3) is 11.1 Å². The van der Waals surface area contributed by atoms with Crippen LogP contribution >= 0.6 is 0 Å². The van der Waals surface area contributed by atoms with E-state index in [1.165, 1.54) is 25.5 Å². The number of ether oxygens (including phenoxy) is 1. The van der Waals surface area contributed by atoms with Crippen molar-refractivity contribution in [2.24, 2.45) is 23.5 Å². The number of rotatable bonds is 7. The number of allylic oxidation sites excluding steroid dienone is 1. The smallest absolute Gasteiger partial charge is 0.199 e. The third-order valence-corrected chi connectivity index (χ3v) is 5.65. The van der Waals surface area contributed by atoms with Gasteiger partial charge in [-0.3, -0.25) is 8.89 Å². The average molecular weight is 472 g/mol. The van der Waals surface area contributed by atoms with Gasteiger partial charge < -0.3 is 21.1 Å². The van der Waals surface area contributed by atoms with E-state index in [2.05, 4.69) is 15.1 Å². The van der Waals surface area contributed by atoms with Crippen LogP contribution in [0.2, 0.25) is 0 Å². The summed E-state index contributed by atoms with van der Waals surface area (Å²) in [5, 5.41) is 4.22. The fourth-order valence-corrected chi connectivity index (χ4v) is 3.71. The van der Waals surface area contributed by atoms with Gasteiger partial charge in [0, 0.05) is 59.1 Å². The highest BCUT2D eigenvalue weighted by Gasteiger charge is 2.20. The summed E-state index contributed by atoms with van der Waals surface area (Å²) in [6.07, 6.45) is 6.49. The van der Waals surface area contributed by atoms with Crippen LogP contribution in [-0.4, -0.2) is 45.2 Å². The van der Waals surface area contributed by atoms with Crippen molar-refractivity contribution in [3.8, 4) is 16.9 Å². The number of aromatic nitrogens is 3. The summed E-state index contributed by atoms with van der Waals surface area (Å²) in [4.78, 5) is 10.9. The predicted molar refractivity (Wildman–Crippen MR) is 129 cm³/mol. The standard InChI is InChI=1S/C22H26FN7O2S/c1-13(24)8-19(25)27-22-21(32-4)16(14-11-26-29(2)12-14)10-20(28-22)30(3)18-7-6-15(33(5)31)9-17(18)23/h6-12H,24H2,1-5H3,(H2,25,27,28)/b13-8-. The van der Waals surface area contributed by atoms with E-state index in [1.807, 2.05) is 6.20 Å². The molecule has 0 saturated heterocycles. The van der Waals surface area contributed by atoms with Crippen molar-refractivity contribution in [2.75, 3.05) is 25.3 Å². The molecule has 0 spiro atoms. The summed E-state index contributed by atoms with van der Waals surface area (Å²) in [5.74, 6) is 0.570. The molecule has 3 aromatic rings. The lowest BCUT2D eigenvalue weighted by Crippen LogP contribution is -2.14. The first kappa shape index (κ1) is 23.9. The maximum absolute atomic E-state index is 14.9. The lowest BCUT2D eigenvalue weighted by Gasteiger charge is -2.21. The summed E-state index contributed by atoms with van der Waals surface area (Å²) in [6.45, 7) is 1.69. The van der Waals surface area contributed by atoms with Gasteiger partial charge in [0.05, 0.1) is 19.0 Å². The van der Waals surface area contributed by atoms with Gasteiger partial charge in [-0.2, -0.15) is 5.10 Å². The van der Waals surface area contributed by atoms with E-state index in [0.717, 1.165) is 5.56 Å². The minimum atomic E-state index is -1.30. The van der Waals surface area contributed by atoms with E-state index >= 15 is 0 Å². The first-order chi connectivity index (χ1) is 15.6. The van der Waals surface area contributed by atoms with Gasteiger partial charge in [0.25, 0.3) is 0 Å². The third kappa shape index (κ3) is 5.37. The van der Waals surface area contributed by atoms with Crippen LogP contribution in [0.1, 0.15) is 6.92 Å². The molecule has 0 aliphatic rings.